The third-order valence-corrected chi connectivity index (χ3v) is 3.60. The normalized spacial score (nSPS) is 20.3. The Bertz CT molecular complexity index is 643. The third kappa shape index (κ3) is 2.94. The van der Waals surface area contributed by atoms with Gasteiger partial charge in [-0.2, -0.15) is 5.10 Å². The highest BCUT2D eigenvalue weighted by Gasteiger charge is 2.46. The molecule has 1 aromatic heterocycles. The fourth-order valence-electron chi connectivity index (χ4n) is 2.39. The lowest BCUT2D eigenvalue weighted by Gasteiger charge is -2.05. The second-order valence-electron chi connectivity index (χ2n) is 5.03. The van der Waals surface area contributed by atoms with E-state index in [1.807, 2.05) is 0 Å². The summed E-state index contributed by atoms with van der Waals surface area (Å²) in [6.07, 6.45) is 3.92. The monoisotopic (exact) mass is 292 g/mol. The lowest BCUT2D eigenvalue weighted by molar-refractivity contribution is -0.145. The highest BCUT2D eigenvalue weighted by Crippen LogP contribution is 2.49. The van der Waals surface area contributed by atoms with Crippen LogP contribution in [0, 0.1) is 17.6 Å². The van der Waals surface area contributed by atoms with E-state index in [2.05, 4.69) is 5.10 Å². The Kier molecular flexibility index (Phi) is 3.68. The van der Waals surface area contributed by atoms with Gasteiger partial charge in [-0.1, -0.05) is 12.1 Å². The molecule has 2 atom stereocenters. The maximum Gasteiger partial charge on any atom is 0.309 e. The van der Waals surface area contributed by atoms with Crippen molar-refractivity contribution in [3.05, 3.63) is 53.9 Å². The summed E-state index contributed by atoms with van der Waals surface area (Å²) >= 11 is 0. The summed E-state index contributed by atoms with van der Waals surface area (Å²) in [5.74, 6) is -2.77. The molecule has 3 rings (SSSR count). The molecule has 2 aromatic rings. The van der Waals surface area contributed by atoms with E-state index in [1.165, 1.54) is 12.1 Å². The van der Waals surface area contributed by atoms with Gasteiger partial charge >= 0.3 is 5.97 Å². The first kappa shape index (κ1) is 13.7. The number of benzene rings is 1. The van der Waals surface area contributed by atoms with E-state index in [1.54, 1.807) is 23.1 Å². The van der Waals surface area contributed by atoms with Crippen molar-refractivity contribution in [2.24, 2.45) is 5.92 Å². The van der Waals surface area contributed by atoms with E-state index in [4.69, 9.17) is 4.74 Å². The van der Waals surface area contributed by atoms with Gasteiger partial charge in [0.1, 0.15) is 6.61 Å². The molecule has 1 aromatic carbocycles. The summed E-state index contributed by atoms with van der Waals surface area (Å²) in [7, 11) is 0. The van der Waals surface area contributed by atoms with Crippen LogP contribution >= 0.6 is 0 Å². The Hall–Kier alpha value is -2.24. The van der Waals surface area contributed by atoms with E-state index < -0.39 is 11.6 Å². The van der Waals surface area contributed by atoms with Crippen molar-refractivity contribution >= 4 is 5.97 Å². The summed E-state index contributed by atoms with van der Waals surface area (Å²) in [6.45, 7) is 0.694. The van der Waals surface area contributed by atoms with Crippen molar-refractivity contribution in [3.63, 3.8) is 0 Å². The molecule has 0 spiro atoms. The van der Waals surface area contributed by atoms with Crippen LogP contribution in [-0.4, -0.2) is 22.4 Å². The molecule has 0 amide bonds. The minimum absolute atomic E-state index is 0.218. The van der Waals surface area contributed by atoms with Crippen LogP contribution in [0.2, 0.25) is 0 Å². The molecule has 110 valence electrons. The van der Waals surface area contributed by atoms with E-state index in [9.17, 15) is 13.6 Å². The second kappa shape index (κ2) is 5.63. The first-order valence-corrected chi connectivity index (χ1v) is 6.75. The number of halogens is 2. The van der Waals surface area contributed by atoms with Gasteiger partial charge in [0.15, 0.2) is 11.6 Å². The molecule has 2 unspecified atom stereocenters. The lowest BCUT2D eigenvalue weighted by Crippen LogP contribution is -2.13. The number of hydrogen-bond acceptors (Lipinski definition) is 3. The fourth-order valence-corrected chi connectivity index (χ4v) is 2.39. The molecule has 1 heterocycles. The Labute approximate surface area is 120 Å². The molecule has 0 N–H and O–H groups in total. The zero-order chi connectivity index (χ0) is 14.8. The van der Waals surface area contributed by atoms with Crippen molar-refractivity contribution < 1.29 is 18.3 Å². The summed E-state index contributed by atoms with van der Waals surface area (Å²) in [4.78, 5) is 11.8. The van der Waals surface area contributed by atoms with Gasteiger partial charge in [0.05, 0.1) is 12.5 Å². The smallest absolute Gasteiger partial charge is 0.309 e. The molecule has 0 saturated heterocycles. The molecule has 21 heavy (non-hydrogen) atoms. The van der Waals surface area contributed by atoms with Gasteiger partial charge in [-0.05, 0) is 24.1 Å². The zero-order valence-electron chi connectivity index (χ0n) is 11.2. The van der Waals surface area contributed by atoms with Gasteiger partial charge in [0, 0.05) is 18.3 Å². The molecule has 1 aliphatic rings. The standard InChI is InChI=1S/C15H14F2N2O2/c16-13-4-1-3-10(14(13)17)11-9-12(11)15(20)21-8-7-19-6-2-5-18-19/h1-6,11-12H,7-9H2. The van der Waals surface area contributed by atoms with Crippen molar-refractivity contribution in [2.45, 2.75) is 18.9 Å². The molecule has 0 radical (unpaired) electrons. The second-order valence-corrected chi connectivity index (χ2v) is 5.03. The number of carbonyl (C=O) groups excluding carboxylic acids is 1. The molecular formula is C15H14F2N2O2. The van der Waals surface area contributed by atoms with Gasteiger partial charge < -0.3 is 4.74 Å². The van der Waals surface area contributed by atoms with E-state index in [0.717, 1.165) is 6.07 Å². The van der Waals surface area contributed by atoms with Crippen molar-refractivity contribution in [1.29, 1.82) is 0 Å². The number of esters is 1. The number of ether oxygens (including phenoxy) is 1. The van der Waals surface area contributed by atoms with Crippen LogP contribution in [0.15, 0.2) is 36.7 Å². The first-order chi connectivity index (χ1) is 10.2. The lowest BCUT2D eigenvalue weighted by atomic mass is 10.1. The summed E-state index contributed by atoms with van der Waals surface area (Å²) in [5, 5.41) is 3.99. The van der Waals surface area contributed by atoms with Crippen LogP contribution in [-0.2, 0) is 16.1 Å². The molecular weight excluding hydrogens is 278 g/mol. The van der Waals surface area contributed by atoms with Crippen molar-refractivity contribution in [3.8, 4) is 0 Å². The number of hydrogen-bond donors (Lipinski definition) is 0. The predicted molar refractivity (Wildman–Crippen MR) is 70.4 cm³/mol. The van der Waals surface area contributed by atoms with E-state index in [-0.39, 0.29) is 30.0 Å². The third-order valence-electron chi connectivity index (χ3n) is 3.60. The van der Waals surface area contributed by atoms with Crippen LogP contribution in [0.25, 0.3) is 0 Å². The number of rotatable bonds is 5. The SMILES string of the molecule is O=C(OCCn1cccn1)C1CC1c1cccc(F)c1F. The molecule has 1 saturated carbocycles. The zero-order valence-corrected chi connectivity index (χ0v) is 11.2. The number of nitrogens with zero attached hydrogens (tertiary/aromatic N) is 2. The molecule has 1 fully saturated rings. The quantitative estimate of drug-likeness (QED) is 0.795. The maximum absolute atomic E-state index is 13.6. The first-order valence-electron chi connectivity index (χ1n) is 6.75. The van der Waals surface area contributed by atoms with Gasteiger partial charge in [-0.15, -0.1) is 0 Å². The average Bonchev–Trinajstić information content (AvgIpc) is 3.10. The van der Waals surface area contributed by atoms with Gasteiger partial charge in [-0.3, -0.25) is 9.48 Å². The Morgan fingerprint density at radius 3 is 3.00 bits per heavy atom. The van der Waals surface area contributed by atoms with E-state index in [0.29, 0.717) is 13.0 Å². The summed E-state index contributed by atoms with van der Waals surface area (Å²) in [6, 6.07) is 5.82. The van der Waals surface area contributed by atoms with Crippen LogP contribution < -0.4 is 0 Å². The van der Waals surface area contributed by atoms with Crippen LogP contribution in [0.4, 0.5) is 8.78 Å². The van der Waals surface area contributed by atoms with Crippen LogP contribution in [0.1, 0.15) is 17.9 Å². The highest BCUT2D eigenvalue weighted by molar-refractivity contribution is 5.77. The van der Waals surface area contributed by atoms with Gasteiger partial charge in [0.25, 0.3) is 0 Å². The minimum Gasteiger partial charge on any atom is -0.463 e. The fraction of sp³-hybridized carbons (Fsp3) is 0.333. The molecule has 0 aliphatic heterocycles. The number of aromatic nitrogens is 2. The average molecular weight is 292 g/mol. The molecule has 6 heteroatoms. The Balaban J connectivity index is 1.52. The number of carbonyl (C=O) groups is 1. The summed E-state index contributed by atoms with van der Waals surface area (Å²) < 4.78 is 33.6. The largest absolute Gasteiger partial charge is 0.463 e. The predicted octanol–water partition coefficient (Wildman–Crippen LogP) is 2.51. The van der Waals surface area contributed by atoms with Gasteiger partial charge in [-0.25, -0.2) is 8.78 Å². The van der Waals surface area contributed by atoms with Crippen molar-refractivity contribution in [1.82, 2.24) is 9.78 Å². The van der Waals surface area contributed by atoms with Gasteiger partial charge in [0.2, 0.25) is 0 Å². The molecule has 1 aliphatic carbocycles. The maximum atomic E-state index is 13.6. The van der Waals surface area contributed by atoms with Crippen LogP contribution in [0.3, 0.4) is 0 Å². The highest BCUT2D eigenvalue weighted by atomic mass is 19.2. The van der Waals surface area contributed by atoms with E-state index >= 15 is 0 Å². The van der Waals surface area contributed by atoms with Crippen LogP contribution in [0.5, 0.6) is 0 Å². The minimum atomic E-state index is -0.884. The summed E-state index contributed by atoms with van der Waals surface area (Å²) in [5.41, 5.74) is 0.254. The topological polar surface area (TPSA) is 44.1 Å². The Morgan fingerprint density at radius 2 is 2.24 bits per heavy atom. The molecule has 0 bridgehead atoms. The van der Waals surface area contributed by atoms with Crippen molar-refractivity contribution in [2.75, 3.05) is 6.61 Å². The molecule has 4 nitrogen and oxygen atoms in total. The Morgan fingerprint density at radius 1 is 1.38 bits per heavy atom.